The van der Waals surface area contributed by atoms with Gasteiger partial charge in [-0.3, -0.25) is 14.0 Å². The fraction of sp³-hybridized carbons (Fsp3) is 0.389. The maximum atomic E-state index is 15.0. The summed E-state index contributed by atoms with van der Waals surface area (Å²) in [6, 6.07) is 2.79. The lowest BCUT2D eigenvalue weighted by Crippen LogP contribution is -2.30. The molecule has 28 heavy (non-hydrogen) atoms. The Labute approximate surface area is 162 Å². The molecule has 146 valence electrons. The molecule has 0 spiro atoms. The molecule has 0 amide bonds. The molecule has 1 aliphatic heterocycles. The van der Waals surface area contributed by atoms with Gasteiger partial charge in [-0.25, -0.2) is 4.39 Å². The Kier molecular flexibility index (Phi) is 3.81. The van der Waals surface area contributed by atoms with Gasteiger partial charge >= 0.3 is 0 Å². The second-order valence-corrected chi connectivity index (χ2v) is 8.01. The first-order chi connectivity index (χ1) is 13.5. The predicted octanol–water partition coefficient (Wildman–Crippen LogP) is 1.53. The van der Waals surface area contributed by atoms with Crippen molar-refractivity contribution in [3.05, 3.63) is 38.5 Å². The number of oxime groups is 1. The largest absolute Gasteiger partial charge is 0.399 e. The van der Waals surface area contributed by atoms with Gasteiger partial charge in [0, 0.05) is 18.0 Å². The lowest BCUT2D eigenvalue weighted by molar-refractivity contribution is 0.212. The van der Waals surface area contributed by atoms with E-state index < -0.39 is 16.8 Å². The highest BCUT2D eigenvalue weighted by molar-refractivity contribution is 7.12. The van der Waals surface area contributed by atoms with E-state index in [1.54, 1.807) is 11.0 Å². The number of benzene rings is 1. The van der Waals surface area contributed by atoms with Gasteiger partial charge in [-0.1, -0.05) is 5.16 Å². The van der Waals surface area contributed by atoms with Crippen LogP contribution in [0.25, 0.3) is 21.1 Å². The Balaban J connectivity index is 1.76. The maximum absolute atomic E-state index is 15.0. The molecular formula is C18H18FN5O3S. The van der Waals surface area contributed by atoms with E-state index in [1.165, 1.54) is 13.2 Å². The van der Waals surface area contributed by atoms with Crippen molar-refractivity contribution in [2.75, 3.05) is 25.1 Å². The molecule has 2 fully saturated rings. The molecule has 8 nitrogen and oxygen atoms in total. The fourth-order valence-corrected chi connectivity index (χ4v) is 4.82. The number of nitrogens with two attached hydrogens (primary N) is 1. The summed E-state index contributed by atoms with van der Waals surface area (Å²) in [5.74, 6) is -0.524. The van der Waals surface area contributed by atoms with Crippen molar-refractivity contribution < 1.29 is 9.23 Å². The van der Waals surface area contributed by atoms with Crippen molar-refractivity contribution in [3.8, 4) is 0 Å². The zero-order chi connectivity index (χ0) is 19.6. The average Bonchev–Trinajstić information content (AvgIpc) is 3.33. The number of halogens is 1. The number of fused-ring (bicyclic) bond motifs is 2. The molecule has 3 aromatic rings. The zero-order valence-corrected chi connectivity index (χ0v) is 15.9. The van der Waals surface area contributed by atoms with Crippen LogP contribution in [0.5, 0.6) is 0 Å². The number of rotatable bonds is 3. The van der Waals surface area contributed by atoms with Crippen molar-refractivity contribution >= 4 is 44.1 Å². The second-order valence-electron chi connectivity index (χ2n) is 7.22. The van der Waals surface area contributed by atoms with Gasteiger partial charge in [-0.2, -0.15) is 0 Å². The molecule has 10 heteroatoms. The minimum absolute atomic E-state index is 0.106. The highest BCUT2D eigenvalue weighted by Gasteiger charge is 2.32. The molecule has 3 heterocycles. The number of anilines is 1. The first kappa shape index (κ1) is 17.4. The van der Waals surface area contributed by atoms with Gasteiger partial charge in [0.2, 0.25) is 5.43 Å². The van der Waals surface area contributed by atoms with Gasteiger partial charge in [0.15, 0.2) is 0 Å². The van der Waals surface area contributed by atoms with Gasteiger partial charge < -0.3 is 20.0 Å². The van der Waals surface area contributed by atoms with E-state index in [9.17, 15) is 14.0 Å². The molecule has 3 N–H and O–H groups in total. The topological polar surface area (TPSA) is 106 Å². The van der Waals surface area contributed by atoms with E-state index in [2.05, 4.69) is 9.53 Å². The number of hydrogen-bond donors (Lipinski definition) is 2. The van der Waals surface area contributed by atoms with Crippen molar-refractivity contribution in [1.82, 2.24) is 8.94 Å². The Bertz CT molecular complexity index is 1260. The molecule has 1 saturated heterocycles. The third kappa shape index (κ3) is 2.48. The van der Waals surface area contributed by atoms with Crippen molar-refractivity contribution in [2.45, 2.75) is 24.9 Å². The minimum atomic E-state index is -0.524. The molecule has 1 aromatic carbocycles. The predicted molar refractivity (Wildman–Crippen MR) is 107 cm³/mol. The third-order valence-corrected chi connectivity index (χ3v) is 6.24. The van der Waals surface area contributed by atoms with Crippen LogP contribution in [0.1, 0.15) is 18.9 Å². The Hall–Kier alpha value is -2.72. The third-order valence-electron chi connectivity index (χ3n) is 5.36. The van der Waals surface area contributed by atoms with Crippen LogP contribution in [0.3, 0.4) is 0 Å². The minimum Gasteiger partial charge on any atom is -0.399 e. The van der Waals surface area contributed by atoms with Crippen LogP contribution in [-0.4, -0.2) is 40.9 Å². The highest BCUT2D eigenvalue weighted by atomic mass is 32.1. The van der Waals surface area contributed by atoms with Crippen LogP contribution in [-0.2, 0) is 4.84 Å². The van der Waals surface area contributed by atoms with Crippen LogP contribution in [0.15, 0.2) is 26.9 Å². The molecule has 2 aliphatic rings. The number of nitrogens with one attached hydrogen (secondary N) is 1. The Morgan fingerprint density at radius 2 is 2.14 bits per heavy atom. The summed E-state index contributed by atoms with van der Waals surface area (Å²) in [4.78, 5) is 32.2. The van der Waals surface area contributed by atoms with Crippen molar-refractivity contribution in [1.29, 1.82) is 0 Å². The monoisotopic (exact) mass is 403 g/mol. The number of aromatic amines is 1. The Morgan fingerprint density at radius 3 is 2.86 bits per heavy atom. The van der Waals surface area contributed by atoms with E-state index in [0.29, 0.717) is 34.8 Å². The summed E-state index contributed by atoms with van der Waals surface area (Å²) in [7, 11) is 1.45. The molecule has 1 atom stereocenters. The van der Waals surface area contributed by atoms with Crippen LogP contribution in [0.2, 0.25) is 0 Å². The van der Waals surface area contributed by atoms with Gasteiger partial charge in [-0.05, 0) is 36.5 Å². The Morgan fingerprint density at radius 1 is 1.36 bits per heavy atom. The molecule has 0 radical (unpaired) electrons. The summed E-state index contributed by atoms with van der Waals surface area (Å²) in [5.41, 5.74) is 6.86. The van der Waals surface area contributed by atoms with E-state index in [0.717, 1.165) is 24.4 Å². The molecule has 2 aromatic heterocycles. The molecule has 0 bridgehead atoms. The lowest BCUT2D eigenvalue weighted by Gasteiger charge is -2.20. The summed E-state index contributed by atoms with van der Waals surface area (Å²) in [6.45, 7) is 0.753. The van der Waals surface area contributed by atoms with Crippen LogP contribution < -0.4 is 21.6 Å². The zero-order valence-electron chi connectivity index (χ0n) is 15.1. The smallest absolute Gasteiger partial charge is 0.271 e. The highest BCUT2D eigenvalue weighted by Crippen LogP contribution is 2.40. The van der Waals surface area contributed by atoms with Crippen LogP contribution >= 0.6 is 11.5 Å². The number of hydrogen-bond acceptors (Lipinski definition) is 7. The standard InChI is InChI=1S/C18H18FN5O3S/c1-27-21-12-7-23(6-11(12)20)14-5-13-9(4-10(14)19)16(25)15-17(26)22-28-18(15)24(13)8-2-3-8/h4-5,8,11H,2-3,6-7,20H2,1H3,(H,22,26). The number of nitrogens with zero attached hydrogens (tertiary/aromatic N) is 3. The van der Waals surface area contributed by atoms with Crippen LogP contribution in [0.4, 0.5) is 10.1 Å². The van der Waals surface area contributed by atoms with Crippen molar-refractivity contribution in [3.63, 3.8) is 0 Å². The van der Waals surface area contributed by atoms with Gasteiger partial charge in [0.05, 0.1) is 29.5 Å². The van der Waals surface area contributed by atoms with Crippen LogP contribution in [0, 0.1) is 5.82 Å². The molecule has 1 unspecified atom stereocenters. The fourth-order valence-electron chi connectivity index (χ4n) is 3.89. The quantitative estimate of drug-likeness (QED) is 0.645. The van der Waals surface area contributed by atoms with E-state index in [1.807, 2.05) is 4.57 Å². The maximum Gasteiger partial charge on any atom is 0.271 e. The first-order valence-corrected chi connectivity index (χ1v) is 9.80. The normalized spacial score (nSPS) is 21.3. The van der Waals surface area contributed by atoms with Gasteiger partial charge in [0.1, 0.15) is 23.1 Å². The summed E-state index contributed by atoms with van der Waals surface area (Å²) in [6.07, 6.45) is 1.93. The van der Waals surface area contributed by atoms with E-state index >= 15 is 0 Å². The van der Waals surface area contributed by atoms with Gasteiger partial charge in [-0.15, -0.1) is 0 Å². The number of pyridine rings is 1. The molecule has 1 aliphatic carbocycles. The molecule has 1 saturated carbocycles. The lowest BCUT2D eigenvalue weighted by atomic mass is 10.1. The van der Waals surface area contributed by atoms with Crippen molar-refractivity contribution in [2.24, 2.45) is 10.9 Å². The number of aromatic nitrogens is 2. The number of H-pyrrole nitrogens is 1. The molecular weight excluding hydrogens is 385 g/mol. The van der Waals surface area contributed by atoms with E-state index in [4.69, 9.17) is 10.6 Å². The van der Waals surface area contributed by atoms with Gasteiger partial charge in [0.25, 0.3) is 5.56 Å². The second kappa shape index (κ2) is 6.14. The van der Waals surface area contributed by atoms with E-state index in [-0.39, 0.29) is 22.9 Å². The first-order valence-electron chi connectivity index (χ1n) is 8.99. The molecule has 5 rings (SSSR count). The average molecular weight is 403 g/mol. The summed E-state index contributed by atoms with van der Waals surface area (Å²) in [5, 5.41) is 4.25. The summed E-state index contributed by atoms with van der Waals surface area (Å²) < 4.78 is 19.6. The summed E-state index contributed by atoms with van der Waals surface area (Å²) >= 11 is 1.15. The SMILES string of the molecule is CON=C1CN(c2cc3c(cc2F)c(=O)c2c(=O)[nH]sc2n3C2CC2)CC1N.